The molecule has 0 bridgehead atoms. The predicted octanol–water partition coefficient (Wildman–Crippen LogP) is 3.15. The van der Waals surface area contributed by atoms with Gasteiger partial charge in [-0.15, -0.1) is 0 Å². The van der Waals surface area contributed by atoms with Crippen molar-refractivity contribution in [3.05, 3.63) is 40.9 Å². The van der Waals surface area contributed by atoms with Gasteiger partial charge in [0.15, 0.2) is 5.84 Å². The van der Waals surface area contributed by atoms with Crippen LogP contribution in [0.15, 0.2) is 46.0 Å². The molecular formula is C13H14BrN3O. The number of nitrogens with zero attached hydrogens (tertiary/aromatic N) is 1. The van der Waals surface area contributed by atoms with Crippen LogP contribution in [0, 0.1) is 0 Å². The van der Waals surface area contributed by atoms with Gasteiger partial charge in [-0.1, -0.05) is 33.2 Å². The smallest absolute Gasteiger partial charge is 0.161 e. The first-order valence-electron chi connectivity index (χ1n) is 5.53. The highest BCUT2D eigenvalue weighted by molar-refractivity contribution is 9.10. The maximum absolute atomic E-state index is 8.60. The van der Waals surface area contributed by atoms with Gasteiger partial charge in [-0.05, 0) is 42.0 Å². The molecular weight excluding hydrogens is 294 g/mol. The number of nitrogens with two attached hydrogens (primary N) is 1. The van der Waals surface area contributed by atoms with Crippen molar-refractivity contribution in [2.75, 3.05) is 5.32 Å². The molecule has 0 saturated carbocycles. The van der Waals surface area contributed by atoms with Crippen molar-refractivity contribution >= 4 is 38.2 Å². The standard InChI is InChI=1S/C13H14BrN3O/c1-8(13(15)17-18)16-12-5-3-9-6-11(14)4-2-10(9)7-12/h2-8,16,18H,1H3,(H2,15,17). The van der Waals surface area contributed by atoms with Crippen LogP contribution in [-0.4, -0.2) is 17.1 Å². The summed E-state index contributed by atoms with van der Waals surface area (Å²) in [6.07, 6.45) is 0. The minimum absolute atomic E-state index is 0.158. The number of benzene rings is 2. The first-order valence-corrected chi connectivity index (χ1v) is 6.33. The van der Waals surface area contributed by atoms with Gasteiger partial charge in [0.25, 0.3) is 0 Å². The van der Waals surface area contributed by atoms with Crippen LogP contribution in [0.1, 0.15) is 6.92 Å². The Labute approximate surface area is 114 Å². The van der Waals surface area contributed by atoms with Crippen molar-refractivity contribution in [3.63, 3.8) is 0 Å². The Balaban J connectivity index is 2.28. The summed E-state index contributed by atoms with van der Waals surface area (Å²) in [4.78, 5) is 0. The molecule has 0 aliphatic rings. The van der Waals surface area contributed by atoms with Crippen LogP contribution >= 0.6 is 15.9 Å². The lowest BCUT2D eigenvalue weighted by atomic mass is 10.1. The molecule has 1 atom stereocenters. The molecule has 0 spiro atoms. The van der Waals surface area contributed by atoms with Gasteiger partial charge in [-0.2, -0.15) is 0 Å². The van der Waals surface area contributed by atoms with Crippen LogP contribution in [0.3, 0.4) is 0 Å². The van der Waals surface area contributed by atoms with E-state index in [0.717, 1.165) is 20.9 Å². The topological polar surface area (TPSA) is 70.6 Å². The third-order valence-electron chi connectivity index (χ3n) is 2.74. The molecule has 94 valence electrons. The number of nitrogens with one attached hydrogen (secondary N) is 1. The van der Waals surface area contributed by atoms with Crippen LogP contribution in [0.25, 0.3) is 10.8 Å². The first-order chi connectivity index (χ1) is 8.60. The number of anilines is 1. The van der Waals surface area contributed by atoms with E-state index in [9.17, 15) is 0 Å². The summed E-state index contributed by atoms with van der Waals surface area (Å²) >= 11 is 3.44. The lowest BCUT2D eigenvalue weighted by Gasteiger charge is -2.14. The van der Waals surface area contributed by atoms with Gasteiger partial charge >= 0.3 is 0 Å². The van der Waals surface area contributed by atoms with E-state index in [0.29, 0.717) is 0 Å². The Bertz CT molecular complexity index is 598. The minimum Gasteiger partial charge on any atom is -0.409 e. The van der Waals surface area contributed by atoms with Gasteiger partial charge in [0, 0.05) is 10.2 Å². The number of hydrogen-bond donors (Lipinski definition) is 3. The molecule has 0 aromatic heterocycles. The average molecular weight is 308 g/mol. The van der Waals surface area contributed by atoms with E-state index in [1.807, 2.05) is 37.3 Å². The lowest BCUT2D eigenvalue weighted by molar-refractivity contribution is 0.316. The second-order valence-corrected chi connectivity index (χ2v) is 5.01. The van der Waals surface area contributed by atoms with E-state index in [2.05, 4.69) is 32.5 Å². The van der Waals surface area contributed by atoms with E-state index in [1.165, 1.54) is 0 Å². The fraction of sp³-hybridized carbons (Fsp3) is 0.154. The zero-order valence-corrected chi connectivity index (χ0v) is 11.5. The number of rotatable bonds is 3. The summed E-state index contributed by atoms with van der Waals surface area (Å²) in [7, 11) is 0. The normalized spacial score (nSPS) is 13.6. The summed E-state index contributed by atoms with van der Waals surface area (Å²) in [5, 5.41) is 17.1. The van der Waals surface area contributed by atoms with Crippen molar-refractivity contribution in [2.24, 2.45) is 10.9 Å². The maximum atomic E-state index is 8.60. The Morgan fingerprint density at radius 3 is 2.67 bits per heavy atom. The summed E-state index contributed by atoms with van der Waals surface area (Å²) in [5.41, 5.74) is 6.46. The zero-order chi connectivity index (χ0) is 13.1. The Morgan fingerprint density at radius 2 is 1.94 bits per heavy atom. The van der Waals surface area contributed by atoms with Crippen LogP contribution < -0.4 is 11.1 Å². The monoisotopic (exact) mass is 307 g/mol. The highest BCUT2D eigenvalue weighted by Gasteiger charge is 2.07. The molecule has 0 amide bonds. The Kier molecular flexibility index (Phi) is 3.72. The Morgan fingerprint density at radius 1 is 1.28 bits per heavy atom. The molecule has 0 aliphatic carbocycles. The van der Waals surface area contributed by atoms with Gasteiger partial charge in [0.1, 0.15) is 0 Å². The van der Waals surface area contributed by atoms with E-state index >= 15 is 0 Å². The van der Waals surface area contributed by atoms with Crippen molar-refractivity contribution < 1.29 is 5.21 Å². The molecule has 2 aromatic rings. The third kappa shape index (κ3) is 2.73. The highest BCUT2D eigenvalue weighted by atomic mass is 79.9. The summed E-state index contributed by atoms with van der Waals surface area (Å²) in [6, 6.07) is 11.9. The molecule has 18 heavy (non-hydrogen) atoms. The van der Waals surface area contributed by atoms with Crippen LogP contribution in [0.5, 0.6) is 0 Å². The highest BCUT2D eigenvalue weighted by Crippen LogP contribution is 2.23. The summed E-state index contributed by atoms with van der Waals surface area (Å²) in [5.74, 6) is 0.158. The number of fused-ring (bicyclic) bond motifs is 1. The van der Waals surface area contributed by atoms with Crippen molar-refractivity contribution in [1.82, 2.24) is 0 Å². The molecule has 0 aliphatic heterocycles. The fourth-order valence-corrected chi connectivity index (χ4v) is 2.10. The largest absolute Gasteiger partial charge is 0.409 e. The Hall–Kier alpha value is -1.75. The molecule has 0 saturated heterocycles. The van der Waals surface area contributed by atoms with Crippen molar-refractivity contribution in [2.45, 2.75) is 13.0 Å². The fourth-order valence-electron chi connectivity index (χ4n) is 1.72. The third-order valence-corrected chi connectivity index (χ3v) is 3.24. The van der Waals surface area contributed by atoms with Crippen LogP contribution in [0.2, 0.25) is 0 Å². The van der Waals surface area contributed by atoms with E-state index in [-0.39, 0.29) is 11.9 Å². The average Bonchev–Trinajstić information content (AvgIpc) is 2.38. The molecule has 5 heteroatoms. The predicted molar refractivity (Wildman–Crippen MR) is 78.1 cm³/mol. The summed E-state index contributed by atoms with van der Waals surface area (Å²) < 4.78 is 1.06. The van der Waals surface area contributed by atoms with Gasteiger partial charge in [-0.3, -0.25) is 0 Å². The maximum Gasteiger partial charge on any atom is 0.161 e. The molecule has 1 unspecified atom stereocenters. The molecule has 0 radical (unpaired) electrons. The van der Waals surface area contributed by atoms with Gasteiger partial charge in [0.2, 0.25) is 0 Å². The first kappa shape index (κ1) is 12.7. The SMILES string of the molecule is CC(Nc1ccc2cc(Br)ccc2c1)/C(N)=N/O. The van der Waals surface area contributed by atoms with E-state index in [4.69, 9.17) is 10.9 Å². The van der Waals surface area contributed by atoms with Gasteiger partial charge in [0.05, 0.1) is 6.04 Å². The second kappa shape index (κ2) is 5.27. The van der Waals surface area contributed by atoms with Crippen LogP contribution in [-0.2, 0) is 0 Å². The minimum atomic E-state index is -0.220. The van der Waals surface area contributed by atoms with Gasteiger partial charge < -0.3 is 16.3 Å². The lowest BCUT2D eigenvalue weighted by Crippen LogP contribution is -2.32. The molecule has 0 fully saturated rings. The molecule has 2 rings (SSSR count). The molecule has 0 heterocycles. The van der Waals surface area contributed by atoms with Gasteiger partial charge in [-0.25, -0.2) is 0 Å². The van der Waals surface area contributed by atoms with E-state index < -0.39 is 0 Å². The number of halogens is 1. The molecule has 2 aromatic carbocycles. The number of hydrogen-bond acceptors (Lipinski definition) is 3. The molecule has 4 nitrogen and oxygen atoms in total. The quantitative estimate of drug-likeness (QED) is 0.353. The van der Waals surface area contributed by atoms with Crippen LogP contribution in [0.4, 0.5) is 5.69 Å². The second-order valence-electron chi connectivity index (χ2n) is 4.10. The van der Waals surface area contributed by atoms with Crippen molar-refractivity contribution in [3.8, 4) is 0 Å². The van der Waals surface area contributed by atoms with E-state index in [1.54, 1.807) is 0 Å². The zero-order valence-electron chi connectivity index (χ0n) is 9.89. The summed E-state index contributed by atoms with van der Waals surface area (Å²) in [6.45, 7) is 1.83. The molecule has 4 N–H and O–H groups in total. The number of oxime groups is 1. The number of amidine groups is 1. The van der Waals surface area contributed by atoms with Crippen molar-refractivity contribution in [1.29, 1.82) is 0 Å².